The molecule has 0 aromatic heterocycles. The van der Waals surface area contributed by atoms with Crippen molar-refractivity contribution in [3.05, 3.63) is 109 Å². The van der Waals surface area contributed by atoms with Crippen LogP contribution >= 0.6 is 39.1 Å². The molecule has 9 heteroatoms. The fraction of sp³-hybridized carbons (Fsp3) is 0.120. The first-order valence-corrected chi connectivity index (χ1v) is 11.5. The van der Waals surface area contributed by atoms with Crippen LogP contribution < -0.4 is 0 Å². The third kappa shape index (κ3) is 4.92. The fourth-order valence-corrected chi connectivity index (χ4v) is 4.50. The Hall–Kier alpha value is -2.61. The Balaban J connectivity index is 1.55. The normalized spacial score (nSPS) is 14.7. The van der Waals surface area contributed by atoms with Crippen LogP contribution in [0, 0.1) is 0 Å². The second-order valence-electron chi connectivity index (χ2n) is 7.64. The molecule has 0 spiro atoms. The number of halogens is 6. The second kappa shape index (κ2) is 9.56. The zero-order chi connectivity index (χ0) is 24.6. The number of benzene rings is 3. The zero-order valence-electron chi connectivity index (χ0n) is 17.2. The van der Waals surface area contributed by atoms with Gasteiger partial charge in [0, 0.05) is 4.47 Å². The number of carbonyl (C=O) groups is 2. The van der Waals surface area contributed by atoms with Gasteiger partial charge in [-0.2, -0.15) is 13.2 Å². The molecule has 1 aliphatic heterocycles. The highest BCUT2D eigenvalue weighted by atomic mass is 79.9. The molecule has 174 valence electrons. The molecule has 1 atom stereocenters. The van der Waals surface area contributed by atoms with Gasteiger partial charge < -0.3 is 0 Å². The van der Waals surface area contributed by atoms with Crippen LogP contribution in [-0.4, -0.2) is 22.9 Å². The van der Waals surface area contributed by atoms with E-state index in [-0.39, 0.29) is 34.0 Å². The topological polar surface area (TPSA) is 37.4 Å². The van der Waals surface area contributed by atoms with Crippen LogP contribution in [0.15, 0.2) is 71.2 Å². The van der Waals surface area contributed by atoms with Gasteiger partial charge in [0.2, 0.25) is 0 Å². The summed E-state index contributed by atoms with van der Waals surface area (Å²) in [6, 6.07) is 15.3. The number of fused-ring (bicyclic) bond motifs is 1. The first-order chi connectivity index (χ1) is 16.1. The van der Waals surface area contributed by atoms with E-state index in [1.54, 1.807) is 42.5 Å². The number of hydrogen-bond donors (Lipinski definition) is 0. The maximum absolute atomic E-state index is 13.7. The van der Waals surface area contributed by atoms with Crippen LogP contribution in [0.5, 0.6) is 0 Å². The highest BCUT2D eigenvalue weighted by Gasteiger charge is 2.39. The summed E-state index contributed by atoms with van der Waals surface area (Å²) in [5.74, 6) is -2.64. The molecule has 0 fully saturated rings. The molecule has 1 unspecified atom stereocenters. The fourth-order valence-electron chi connectivity index (χ4n) is 3.67. The van der Waals surface area contributed by atoms with Crippen molar-refractivity contribution in [3.8, 4) is 0 Å². The number of imide groups is 1. The van der Waals surface area contributed by atoms with Crippen molar-refractivity contribution in [2.24, 2.45) is 0 Å². The predicted octanol–water partition coefficient (Wildman–Crippen LogP) is 7.91. The highest BCUT2D eigenvalue weighted by Crippen LogP contribution is 2.38. The van der Waals surface area contributed by atoms with Gasteiger partial charge in [-0.1, -0.05) is 81.6 Å². The lowest BCUT2D eigenvalue weighted by molar-refractivity contribution is -0.139. The Bertz CT molecular complexity index is 1290. The monoisotopic (exact) mass is 567 g/mol. The average Bonchev–Trinajstić information content (AvgIpc) is 3.02. The van der Waals surface area contributed by atoms with Crippen LogP contribution in [0.4, 0.5) is 13.2 Å². The Kier molecular flexibility index (Phi) is 6.90. The van der Waals surface area contributed by atoms with E-state index in [2.05, 4.69) is 15.9 Å². The SMILES string of the molecule is O=C1c2ccccc2C(=O)N1Cc1ccc(C=CC(c2ccc(Cl)c(Cl)c2)C(F)(F)F)cc1Br. The molecule has 2 amide bonds. The van der Waals surface area contributed by atoms with E-state index in [0.717, 1.165) is 11.0 Å². The summed E-state index contributed by atoms with van der Waals surface area (Å²) in [6.45, 7) is 0.0331. The maximum Gasteiger partial charge on any atom is 0.399 e. The molecular weight excluding hydrogens is 554 g/mol. The Morgan fingerprint density at radius 2 is 1.56 bits per heavy atom. The van der Waals surface area contributed by atoms with E-state index in [9.17, 15) is 22.8 Å². The molecule has 34 heavy (non-hydrogen) atoms. The van der Waals surface area contributed by atoms with E-state index in [1.807, 2.05) is 0 Å². The first-order valence-electron chi connectivity index (χ1n) is 10.00. The van der Waals surface area contributed by atoms with E-state index in [0.29, 0.717) is 26.7 Å². The van der Waals surface area contributed by atoms with Crippen molar-refractivity contribution in [1.82, 2.24) is 4.90 Å². The quantitative estimate of drug-likeness (QED) is 0.293. The third-order valence-corrected chi connectivity index (χ3v) is 6.90. The smallest absolute Gasteiger partial charge is 0.270 e. The second-order valence-corrected chi connectivity index (χ2v) is 9.31. The molecule has 0 radical (unpaired) electrons. The lowest BCUT2D eigenvalue weighted by atomic mass is 9.97. The van der Waals surface area contributed by atoms with E-state index < -0.39 is 12.1 Å². The summed E-state index contributed by atoms with van der Waals surface area (Å²) in [4.78, 5) is 26.3. The van der Waals surface area contributed by atoms with Gasteiger partial charge in [0.15, 0.2) is 0 Å². The summed E-state index contributed by atoms with van der Waals surface area (Å²) in [5, 5.41) is 0.218. The molecule has 3 aromatic carbocycles. The van der Waals surface area contributed by atoms with Crippen molar-refractivity contribution in [1.29, 1.82) is 0 Å². The summed E-state index contributed by atoms with van der Waals surface area (Å²) in [5.41, 5.74) is 1.82. The largest absolute Gasteiger partial charge is 0.399 e. The van der Waals surface area contributed by atoms with Gasteiger partial charge in [-0.05, 0) is 47.0 Å². The summed E-state index contributed by atoms with van der Waals surface area (Å²) in [7, 11) is 0. The molecule has 1 heterocycles. The van der Waals surface area contributed by atoms with Gasteiger partial charge in [-0.25, -0.2) is 0 Å². The van der Waals surface area contributed by atoms with E-state index in [4.69, 9.17) is 23.2 Å². The molecule has 0 bridgehead atoms. The number of alkyl halides is 3. The van der Waals surface area contributed by atoms with Crippen LogP contribution in [-0.2, 0) is 6.54 Å². The average molecular weight is 569 g/mol. The molecule has 3 nitrogen and oxygen atoms in total. The molecule has 0 saturated carbocycles. The van der Waals surface area contributed by atoms with Crippen molar-refractivity contribution in [2.45, 2.75) is 18.6 Å². The Morgan fingerprint density at radius 1 is 0.912 bits per heavy atom. The first kappa shape index (κ1) is 24.5. The number of nitrogens with zero attached hydrogens (tertiary/aromatic N) is 1. The van der Waals surface area contributed by atoms with Gasteiger partial charge in [-0.15, -0.1) is 0 Å². The van der Waals surface area contributed by atoms with Crippen molar-refractivity contribution in [2.75, 3.05) is 0 Å². The summed E-state index contributed by atoms with van der Waals surface area (Å²) >= 11 is 15.1. The van der Waals surface area contributed by atoms with E-state index >= 15 is 0 Å². The number of amides is 2. The Labute approximate surface area is 211 Å². The maximum atomic E-state index is 13.7. The van der Waals surface area contributed by atoms with Gasteiger partial charge in [0.05, 0.1) is 33.6 Å². The summed E-state index contributed by atoms with van der Waals surface area (Å²) < 4.78 is 41.6. The number of carbonyl (C=O) groups excluding carboxylic acids is 2. The van der Waals surface area contributed by atoms with Gasteiger partial charge in [0.25, 0.3) is 11.8 Å². The molecule has 0 saturated heterocycles. The van der Waals surface area contributed by atoms with Crippen molar-refractivity contribution >= 4 is 57.0 Å². The molecule has 4 rings (SSSR count). The van der Waals surface area contributed by atoms with Gasteiger partial charge in [-0.3, -0.25) is 14.5 Å². The zero-order valence-corrected chi connectivity index (χ0v) is 20.3. The minimum absolute atomic E-state index is 0.0283. The van der Waals surface area contributed by atoms with Crippen LogP contribution in [0.2, 0.25) is 10.0 Å². The standard InChI is InChI=1S/C25H15BrCl2F3NO2/c26-20-11-14(6-9-19(25(29,30)31)15-8-10-21(27)22(28)12-15)5-7-16(20)13-32-23(33)17-3-1-2-4-18(17)24(32)34/h1-12,19H,13H2. The molecular formula is C25H15BrCl2F3NO2. The lowest BCUT2D eigenvalue weighted by Gasteiger charge is -2.18. The number of rotatable bonds is 5. The molecule has 1 aliphatic rings. The lowest BCUT2D eigenvalue weighted by Crippen LogP contribution is -2.29. The molecule has 0 N–H and O–H groups in total. The predicted molar refractivity (Wildman–Crippen MR) is 129 cm³/mol. The van der Waals surface area contributed by atoms with Crippen LogP contribution in [0.1, 0.15) is 43.3 Å². The summed E-state index contributed by atoms with van der Waals surface area (Å²) in [6.07, 6.45) is -2.13. The van der Waals surface area contributed by atoms with E-state index in [1.165, 1.54) is 24.3 Å². The van der Waals surface area contributed by atoms with Crippen molar-refractivity contribution in [3.63, 3.8) is 0 Å². The minimum atomic E-state index is -4.53. The van der Waals surface area contributed by atoms with Gasteiger partial charge in [0.1, 0.15) is 0 Å². The number of hydrogen-bond acceptors (Lipinski definition) is 2. The molecule has 0 aliphatic carbocycles. The van der Waals surface area contributed by atoms with Crippen LogP contribution in [0.3, 0.4) is 0 Å². The van der Waals surface area contributed by atoms with Gasteiger partial charge >= 0.3 is 6.18 Å². The van der Waals surface area contributed by atoms with Crippen LogP contribution in [0.25, 0.3) is 6.08 Å². The minimum Gasteiger partial charge on any atom is -0.270 e. The number of allylic oxidation sites excluding steroid dienone is 1. The highest BCUT2D eigenvalue weighted by molar-refractivity contribution is 9.10. The Morgan fingerprint density at radius 3 is 2.12 bits per heavy atom. The van der Waals surface area contributed by atoms with Crippen molar-refractivity contribution < 1.29 is 22.8 Å². The third-order valence-electron chi connectivity index (χ3n) is 5.42. The molecule has 3 aromatic rings.